The van der Waals surface area contributed by atoms with Gasteiger partial charge in [-0.15, -0.1) is 0 Å². The van der Waals surface area contributed by atoms with E-state index in [1.807, 2.05) is 31.2 Å². The number of carbonyl (C=O) groups is 1. The molecular formula is C25H26F5N3O3. The van der Waals surface area contributed by atoms with E-state index in [2.05, 4.69) is 20.3 Å². The van der Waals surface area contributed by atoms with Crippen molar-refractivity contribution in [2.45, 2.75) is 51.6 Å². The Bertz CT molecular complexity index is 1180. The number of rotatable bonds is 10. The van der Waals surface area contributed by atoms with Gasteiger partial charge in [-0.1, -0.05) is 36.3 Å². The molecule has 0 saturated heterocycles. The van der Waals surface area contributed by atoms with E-state index in [-0.39, 0.29) is 24.2 Å². The fourth-order valence-electron chi connectivity index (χ4n) is 3.80. The number of nitrogens with one attached hydrogen (secondary N) is 2. The number of aromatic nitrogens is 1. The Balaban J connectivity index is 1.78. The maximum absolute atomic E-state index is 13.7. The molecule has 0 spiro atoms. The van der Waals surface area contributed by atoms with E-state index >= 15 is 0 Å². The van der Waals surface area contributed by atoms with Crippen LogP contribution in [-0.4, -0.2) is 34.9 Å². The predicted octanol–water partition coefficient (Wildman–Crippen LogP) is 4.33. The molecule has 3 aromatic rings. The molecule has 0 aliphatic heterocycles. The molecule has 6 nitrogen and oxygen atoms in total. The Kier molecular flexibility index (Phi) is 8.80. The lowest BCUT2D eigenvalue weighted by Crippen LogP contribution is -2.49. The van der Waals surface area contributed by atoms with Gasteiger partial charge < -0.3 is 20.3 Å². The molecule has 0 radical (unpaired) electrons. The highest BCUT2D eigenvalue weighted by Crippen LogP contribution is 2.33. The van der Waals surface area contributed by atoms with Gasteiger partial charge in [0.05, 0.1) is 17.8 Å². The quantitative estimate of drug-likeness (QED) is 0.353. The number of benzene rings is 2. The molecule has 194 valence electrons. The molecule has 11 heteroatoms. The van der Waals surface area contributed by atoms with Crippen LogP contribution in [0.3, 0.4) is 0 Å². The zero-order chi connectivity index (χ0) is 26.5. The van der Waals surface area contributed by atoms with Crippen LogP contribution in [0.1, 0.15) is 45.4 Å². The second-order valence-electron chi connectivity index (χ2n) is 8.40. The molecule has 0 aliphatic carbocycles. The lowest BCUT2D eigenvalue weighted by molar-refractivity contribution is -0.155. The summed E-state index contributed by atoms with van der Waals surface area (Å²) in [4.78, 5) is 12.8. The first-order chi connectivity index (χ1) is 17.0. The first-order valence-electron chi connectivity index (χ1n) is 11.2. The van der Waals surface area contributed by atoms with Crippen LogP contribution in [0.4, 0.5) is 22.0 Å². The van der Waals surface area contributed by atoms with E-state index in [0.717, 1.165) is 29.7 Å². The number of hydrogen-bond acceptors (Lipinski definition) is 5. The molecule has 3 rings (SSSR count). The third-order valence-electron chi connectivity index (χ3n) is 5.59. The summed E-state index contributed by atoms with van der Waals surface area (Å²) in [6.07, 6.45) is -5.69. The van der Waals surface area contributed by atoms with Crippen molar-refractivity contribution >= 4 is 5.91 Å². The largest absolute Gasteiger partial charge is 0.453 e. The fourth-order valence-corrected chi connectivity index (χ4v) is 3.80. The van der Waals surface area contributed by atoms with Crippen molar-refractivity contribution in [3.63, 3.8) is 0 Å². The van der Waals surface area contributed by atoms with Gasteiger partial charge in [-0.3, -0.25) is 4.79 Å². The van der Waals surface area contributed by atoms with Crippen molar-refractivity contribution in [1.82, 2.24) is 15.8 Å². The number of hydrogen-bond donors (Lipinski definition) is 3. The van der Waals surface area contributed by atoms with Crippen molar-refractivity contribution in [2.75, 3.05) is 6.54 Å². The van der Waals surface area contributed by atoms with Crippen LogP contribution in [0, 0.1) is 18.6 Å². The summed E-state index contributed by atoms with van der Waals surface area (Å²) in [7, 11) is 0. The second-order valence-corrected chi connectivity index (χ2v) is 8.40. The smallest absolute Gasteiger partial charge is 0.390 e. The van der Waals surface area contributed by atoms with Gasteiger partial charge in [0, 0.05) is 19.2 Å². The van der Waals surface area contributed by atoms with E-state index in [9.17, 15) is 31.9 Å². The lowest BCUT2D eigenvalue weighted by Gasteiger charge is -2.25. The number of alkyl halides is 3. The molecule has 3 N–H and O–H groups in total. The van der Waals surface area contributed by atoms with Gasteiger partial charge in [-0.05, 0) is 48.6 Å². The van der Waals surface area contributed by atoms with Gasteiger partial charge >= 0.3 is 6.18 Å². The fraction of sp³-hybridized carbons (Fsp3) is 0.360. The van der Waals surface area contributed by atoms with Gasteiger partial charge in [0.1, 0.15) is 17.2 Å². The number of nitrogens with zero attached hydrogens (tertiary/aromatic N) is 1. The topological polar surface area (TPSA) is 87.4 Å². The number of aliphatic hydroxyl groups excluding tert-OH is 1. The van der Waals surface area contributed by atoms with Crippen molar-refractivity contribution in [3.8, 4) is 0 Å². The Labute approximate surface area is 204 Å². The molecule has 0 aliphatic rings. The minimum Gasteiger partial charge on any atom is -0.390 e. The number of carbonyl (C=O) groups excluding carboxylic acids is 1. The Hall–Kier alpha value is -3.31. The molecule has 1 heterocycles. The highest BCUT2D eigenvalue weighted by Gasteiger charge is 2.42. The molecule has 1 aromatic heterocycles. The number of aryl methyl sites for hydroxylation is 2. The molecule has 0 bridgehead atoms. The number of amides is 1. The third-order valence-corrected chi connectivity index (χ3v) is 5.59. The summed E-state index contributed by atoms with van der Waals surface area (Å²) in [6.45, 7) is 3.50. The minimum absolute atomic E-state index is 0.0617. The highest BCUT2D eigenvalue weighted by molar-refractivity contribution is 5.96. The summed E-state index contributed by atoms with van der Waals surface area (Å²) < 4.78 is 71.5. The first kappa shape index (κ1) is 27.3. The van der Waals surface area contributed by atoms with Crippen LogP contribution in [-0.2, 0) is 25.6 Å². The zero-order valence-electron chi connectivity index (χ0n) is 19.6. The average Bonchev–Trinajstić information content (AvgIpc) is 3.20. The van der Waals surface area contributed by atoms with Gasteiger partial charge in [-0.25, -0.2) is 8.78 Å². The Morgan fingerprint density at radius 3 is 2.39 bits per heavy atom. The third kappa shape index (κ3) is 7.11. The van der Waals surface area contributed by atoms with Gasteiger partial charge in [0.15, 0.2) is 0 Å². The molecule has 36 heavy (non-hydrogen) atoms. The maximum Gasteiger partial charge on any atom is 0.453 e. The Morgan fingerprint density at radius 2 is 1.75 bits per heavy atom. The summed E-state index contributed by atoms with van der Waals surface area (Å²) in [6, 6.07) is 9.26. The van der Waals surface area contributed by atoms with E-state index in [0.29, 0.717) is 12.6 Å². The van der Waals surface area contributed by atoms with Crippen LogP contribution < -0.4 is 10.6 Å². The van der Waals surface area contributed by atoms with Crippen LogP contribution in [0.15, 0.2) is 47.0 Å². The second kappa shape index (κ2) is 11.6. The normalized spacial score (nSPS) is 13.4. The molecule has 2 atom stereocenters. The molecular weight excluding hydrogens is 485 g/mol. The van der Waals surface area contributed by atoms with Gasteiger partial charge in [-0.2, -0.15) is 13.2 Å². The zero-order valence-corrected chi connectivity index (χ0v) is 19.6. The van der Waals surface area contributed by atoms with Crippen LogP contribution in [0.5, 0.6) is 0 Å². The summed E-state index contributed by atoms with van der Waals surface area (Å²) >= 11 is 0. The first-order valence-corrected chi connectivity index (χ1v) is 11.2. The van der Waals surface area contributed by atoms with Crippen molar-refractivity contribution in [2.24, 2.45) is 0 Å². The predicted molar refractivity (Wildman–Crippen MR) is 121 cm³/mol. The Morgan fingerprint density at radius 1 is 1.08 bits per heavy atom. The summed E-state index contributed by atoms with van der Waals surface area (Å²) in [5.41, 5.74) is 1.06. The average molecular weight is 511 g/mol. The van der Waals surface area contributed by atoms with E-state index in [4.69, 9.17) is 0 Å². The van der Waals surface area contributed by atoms with Crippen LogP contribution in [0.25, 0.3) is 0 Å². The number of aliphatic hydroxyl groups is 1. The maximum atomic E-state index is 13.7. The molecule has 0 saturated carbocycles. The van der Waals surface area contributed by atoms with Crippen molar-refractivity contribution in [3.05, 3.63) is 87.8 Å². The summed E-state index contributed by atoms with van der Waals surface area (Å²) in [5.74, 6) is -4.49. The summed E-state index contributed by atoms with van der Waals surface area (Å²) in [5, 5.41) is 19.4. The molecule has 2 unspecified atom stereocenters. The minimum atomic E-state index is -4.97. The van der Waals surface area contributed by atoms with Crippen molar-refractivity contribution < 1.29 is 36.4 Å². The van der Waals surface area contributed by atoms with E-state index in [1.54, 1.807) is 0 Å². The van der Waals surface area contributed by atoms with Gasteiger partial charge in [0.2, 0.25) is 0 Å². The van der Waals surface area contributed by atoms with E-state index < -0.39 is 47.2 Å². The molecule has 2 aromatic carbocycles. The SMILES string of the molecule is CCc1cccc(CNCC(O)C(Cc2cc(F)cc(F)c2)NC(=O)c2c(C)noc2C(F)(F)F)c1. The molecule has 1 amide bonds. The lowest BCUT2D eigenvalue weighted by atomic mass is 9.99. The van der Waals surface area contributed by atoms with Crippen molar-refractivity contribution in [1.29, 1.82) is 0 Å². The standard InChI is InChI=1S/C25H26F5N3O3/c1-3-15-5-4-6-16(7-15)12-31-13-21(34)20(10-17-8-18(26)11-19(27)9-17)32-24(35)22-14(2)33-36-23(22)25(28,29)30/h4-9,11,20-21,31,34H,3,10,12-13H2,1-2H3,(H,32,35). The van der Waals surface area contributed by atoms with Crippen LogP contribution >= 0.6 is 0 Å². The van der Waals surface area contributed by atoms with E-state index in [1.165, 1.54) is 6.92 Å². The van der Waals surface area contributed by atoms with Crippen LogP contribution in [0.2, 0.25) is 0 Å². The highest BCUT2D eigenvalue weighted by atomic mass is 19.4. The number of halogens is 5. The molecule has 0 fully saturated rings. The monoisotopic (exact) mass is 511 g/mol. The van der Waals surface area contributed by atoms with Gasteiger partial charge in [0.25, 0.3) is 11.7 Å².